The van der Waals surface area contributed by atoms with Gasteiger partial charge in [0, 0.05) is 49.1 Å². The Morgan fingerprint density at radius 3 is 2.70 bits per heavy atom. The van der Waals surface area contributed by atoms with E-state index in [-0.39, 0.29) is 0 Å². The Morgan fingerprint density at radius 1 is 1.10 bits per heavy atom. The van der Waals surface area contributed by atoms with Crippen molar-refractivity contribution in [2.45, 2.75) is 44.4 Å². The van der Waals surface area contributed by atoms with Crippen molar-refractivity contribution in [3.05, 3.63) is 65.4 Å². The summed E-state index contributed by atoms with van der Waals surface area (Å²) in [5, 5.41) is 0.796. The normalized spacial score (nSPS) is 23.9. The lowest BCUT2D eigenvalue weighted by Gasteiger charge is -2.46. The molecule has 0 aliphatic carbocycles. The summed E-state index contributed by atoms with van der Waals surface area (Å²) < 4.78 is 8.24. The van der Waals surface area contributed by atoms with E-state index in [0.717, 1.165) is 43.3 Å². The first-order valence-electron chi connectivity index (χ1n) is 11.0. The van der Waals surface area contributed by atoms with E-state index >= 15 is 0 Å². The number of imidazole rings is 1. The van der Waals surface area contributed by atoms with Crippen molar-refractivity contribution in [2.24, 2.45) is 0 Å². The second-order valence-corrected chi connectivity index (χ2v) is 9.02. The number of aromatic nitrogens is 2. The van der Waals surface area contributed by atoms with Gasteiger partial charge in [0.1, 0.15) is 11.5 Å². The van der Waals surface area contributed by atoms with Crippen LogP contribution in [0.4, 0.5) is 5.82 Å². The molecule has 0 spiro atoms. The molecule has 158 valence electrons. The van der Waals surface area contributed by atoms with Crippen LogP contribution in [0.1, 0.15) is 25.3 Å². The van der Waals surface area contributed by atoms with Gasteiger partial charge >= 0.3 is 0 Å². The van der Waals surface area contributed by atoms with E-state index < -0.39 is 0 Å². The van der Waals surface area contributed by atoms with Gasteiger partial charge in [0.2, 0.25) is 0 Å². The molecule has 1 aromatic carbocycles. The van der Waals surface area contributed by atoms with E-state index in [1.165, 1.54) is 24.2 Å². The minimum absolute atomic E-state index is 0.296. The summed E-state index contributed by atoms with van der Waals surface area (Å²) in [6.07, 6.45) is 7.59. The van der Waals surface area contributed by atoms with Gasteiger partial charge in [-0.15, -0.1) is 0 Å². The molecule has 2 aliphatic rings. The molecule has 5 rings (SSSR count). The largest absolute Gasteiger partial charge is 0.376 e. The number of nitrogens with zero attached hydrogens (tertiary/aromatic N) is 4. The van der Waals surface area contributed by atoms with Crippen molar-refractivity contribution < 1.29 is 4.74 Å². The van der Waals surface area contributed by atoms with E-state index in [2.05, 4.69) is 62.6 Å². The summed E-state index contributed by atoms with van der Waals surface area (Å²) in [4.78, 5) is 9.66. The highest BCUT2D eigenvalue weighted by Crippen LogP contribution is 2.28. The minimum atomic E-state index is 0.296. The van der Waals surface area contributed by atoms with Gasteiger partial charge in [-0.1, -0.05) is 29.8 Å². The fourth-order valence-corrected chi connectivity index (χ4v) is 5.13. The molecule has 2 fully saturated rings. The number of piperidine rings is 1. The lowest BCUT2D eigenvalue weighted by Crippen LogP contribution is -2.56. The number of fused-ring (bicyclic) bond motifs is 1. The first-order valence-corrected chi connectivity index (χ1v) is 11.3. The van der Waals surface area contributed by atoms with Crippen LogP contribution < -0.4 is 4.90 Å². The Balaban J connectivity index is 1.28. The predicted octanol–water partition coefficient (Wildman–Crippen LogP) is 4.29. The van der Waals surface area contributed by atoms with Crippen molar-refractivity contribution in [2.75, 3.05) is 31.1 Å². The Kier molecular flexibility index (Phi) is 5.68. The first-order chi connectivity index (χ1) is 14.7. The van der Waals surface area contributed by atoms with Gasteiger partial charge in [-0.05, 0) is 56.0 Å². The average Bonchev–Trinajstić information content (AvgIpc) is 3.26. The van der Waals surface area contributed by atoms with Crippen molar-refractivity contribution in [1.82, 2.24) is 14.3 Å². The zero-order valence-electron chi connectivity index (χ0n) is 17.5. The van der Waals surface area contributed by atoms with Crippen LogP contribution in [-0.4, -0.2) is 58.7 Å². The molecule has 2 atom stereocenters. The van der Waals surface area contributed by atoms with Crippen molar-refractivity contribution in [3.8, 4) is 0 Å². The van der Waals surface area contributed by atoms with Gasteiger partial charge in [0.05, 0.1) is 12.7 Å². The first kappa shape index (κ1) is 19.9. The van der Waals surface area contributed by atoms with Crippen LogP contribution in [0.15, 0.2) is 54.9 Å². The number of anilines is 1. The summed E-state index contributed by atoms with van der Waals surface area (Å²) >= 11 is 6.07. The van der Waals surface area contributed by atoms with Crippen molar-refractivity contribution in [1.29, 1.82) is 0 Å². The smallest absolute Gasteiger partial charge is 0.138 e. The summed E-state index contributed by atoms with van der Waals surface area (Å²) in [5.41, 5.74) is 2.34. The quantitative estimate of drug-likeness (QED) is 0.625. The number of benzene rings is 1. The third-order valence-electron chi connectivity index (χ3n) is 6.56. The molecule has 0 saturated carbocycles. The van der Waals surface area contributed by atoms with Gasteiger partial charge in [0.15, 0.2) is 0 Å². The molecule has 5 nitrogen and oxygen atoms in total. The molecule has 3 aromatic rings. The minimum Gasteiger partial charge on any atom is -0.376 e. The maximum atomic E-state index is 6.07. The zero-order chi connectivity index (χ0) is 20.5. The second-order valence-electron chi connectivity index (χ2n) is 8.58. The van der Waals surface area contributed by atoms with E-state index in [9.17, 15) is 0 Å². The molecule has 0 unspecified atom stereocenters. The average molecular weight is 425 g/mol. The number of hydrogen-bond donors (Lipinski definition) is 0. The Hall–Kier alpha value is -2.08. The van der Waals surface area contributed by atoms with Gasteiger partial charge in [-0.3, -0.25) is 9.30 Å². The molecular formula is C24H29ClN4O. The lowest BCUT2D eigenvalue weighted by molar-refractivity contribution is -0.0745. The number of rotatable bonds is 4. The van der Waals surface area contributed by atoms with Crippen LogP contribution in [0.2, 0.25) is 5.02 Å². The molecule has 0 bridgehead atoms. The van der Waals surface area contributed by atoms with Gasteiger partial charge in [-0.2, -0.15) is 0 Å². The summed E-state index contributed by atoms with van der Waals surface area (Å²) in [6, 6.07) is 15.7. The molecule has 30 heavy (non-hydrogen) atoms. The zero-order valence-corrected chi connectivity index (χ0v) is 18.2. The fourth-order valence-electron chi connectivity index (χ4n) is 5.00. The number of ether oxygens (including phenoxy) is 1. The third-order valence-corrected chi connectivity index (χ3v) is 6.81. The molecule has 2 saturated heterocycles. The molecule has 6 heteroatoms. The van der Waals surface area contributed by atoms with Gasteiger partial charge in [0.25, 0.3) is 0 Å². The van der Waals surface area contributed by atoms with E-state index in [0.29, 0.717) is 18.2 Å². The monoisotopic (exact) mass is 424 g/mol. The van der Waals surface area contributed by atoms with Crippen molar-refractivity contribution >= 4 is 23.1 Å². The maximum absolute atomic E-state index is 6.07. The summed E-state index contributed by atoms with van der Waals surface area (Å²) in [5.74, 6) is 1.25. The number of hydrogen-bond acceptors (Lipinski definition) is 4. The van der Waals surface area contributed by atoms with Crippen molar-refractivity contribution in [3.63, 3.8) is 0 Å². The highest BCUT2D eigenvalue weighted by atomic mass is 35.5. The Labute approximate surface area is 183 Å². The molecular weight excluding hydrogens is 396 g/mol. The van der Waals surface area contributed by atoms with Crippen LogP contribution >= 0.6 is 11.6 Å². The van der Waals surface area contributed by atoms with Gasteiger partial charge < -0.3 is 9.64 Å². The lowest BCUT2D eigenvalue weighted by atomic mass is 9.96. The van der Waals surface area contributed by atoms with E-state index in [1.807, 2.05) is 18.3 Å². The van der Waals surface area contributed by atoms with Crippen LogP contribution in [0, 0.1) is 0 Å². The molecule has 0 N–H and O–H groups in total. The van der Waals surface area contributed by atoms with Crippen LogP contribution in [0.5, 0.6) is 0 Å². The van der Waals surface area contributed by atoms with E-state index in [1.54, 1.807) is 0 Å². The standard InChI is InChI=1S/C24H29ClN4O/c1-18-16-29(22(17-30-18)15-19-5-7-20(25)8-6-19)21-9-12-27(13-10-21)24-4-2-3-23-26-11-14-28(23)24/h2-8,11,14,18,21-22H,9-10,12-13,15-17H2,1H3/t18-,22-/m0/s1. The Morgan fingerprint density at radius 2 is 1.90 bits per heavy atom. The molecule has 0 amide bonds. The number of pyridine rings is 1. The van der Waals surface area contributed by atoms with Gasteiger partial charge in [-0.25, -0.2) is 4.98 Å². The topological polar surface area (TPSA) is 33.0 Å². The fraction of sp³-hybridized carbons (Fsp3) is 0.458. The number of morpholine rings is 1. The summed E-state index contributed by atoms with van der Waals surface area (Å²) in [7, 11) is 0. The molecule has 2 aromatic heterocycles. The summed E-state index contributed by atoms with van der Waals surface area (Å²) in [6.45, 7) is 6.15. The third kappa shape index (κ3) is 4.07. The highest BCUT2D eigenvalue weighted by molar-refractivity contribution is 6.30. The Bertz CT molecular complexity index is 980. The molecule has 2 aliphatic heterocycles. The predicted molar refractivity (Wildman–Crippen MR) is 121 cm³/mol. The molecule has 4 heterocycles. The van der Waals surface area contributed by atoms with E-state index in [4.69, 9.17) is 16.3 Å². The second kappa shape index (κ2) is 8.58. The van der Waals surface area contributed by atoms with Crippen LogP contribution in [0.25, 0.3) is 5.65 Å². The van der Waals surface area contributed by atoms with Crippen LogP contribution in [-0.2, 0) is 11.2 Å². The van der Waals surface area contributed by atoms with Crippen LogP contribution in [0.3, 0.4) is 0 Å². The molecule has 0 radical (unpaired) electrons. The maximum Gasteiger partial charge on any atom is 0.138 e. The SMILES string of the molecule is C[C@H]1CN(C2CCN(c3cccc4nccn34)CC2)[C@@H](Cc2ccc(Cl)cc2)CO1. The highest BCUT2D eigenvalue weighted by Gasteiger charge is 2.34. The number of halogens is 1.